The summed E-state index contributed by atoms with van der Waals surface area (Å²) >= 11 is 0. The van der Waals surface area contributed by atoms with Gasteiger partial charge in [0, 0.05) is 31.0 Å². The minimum Gasteiger partial charge on any atom is -0.364 e. The zero-order valence-corrected chi connectivity index (χ0v) is 7.68. The van der Waals surface area contributed by atoms with Crippen LogP contribution in [-0.4, -0.2) is 10.1 Å². The summed E-state index contributed by atoms with van der Waals surface area (Å²) in [5, 5.41) is 6.88. The van der Waals surface area contributed by atoms with Crippen molar-refractivity contribution >= 4 is 0 Å². The molecule has 0 unspecified atom stereocenters. The van der Waals surface area contributed by atoms with Crippen LogP contribution in [-0.2, 0) is 13.1 Å². The third-order valence-electron chi connectivity index (χ3n) is 1.86. The maximum absolute atomic E-state index is 4.71. The van der Waals surface area contributed by atoms with E-state index in [1.54, 1.807) is 18.7 Å². The molecule has 0 amide bonds. The van der Waals surface area contributed by atoms with Crippen LogP contribution in [0, 0.1) is 0 Å². The molecular formula is C10H11N3O. The van der Waals surface area contributed by atoms with Gasteiger partial charge in [-0.2, -0.15) is 0 Å². The van der Waals surface area contributed by atoms with E-state index >= 15 is 0 Å². The van der Waals surface area contributed by atoms with Crippen LogP contribution in [0.2, 0.25) is 0 Å². The molecule has 0 aromatic carbocycles. The summed E-state index contributed by atoms with van der Waals surface area (Å²) in [4.78, 5) is 4.03. The van der Waals surface area contributed by atoms with Crippen LogP contribution >= 0.6 is 0 Å². The Morgan fingerprint density at radius 2 is 2.14 bits per heavy atom. The fourth-order valence-electron chi connectivity index (χ4n) is 1.17. The van der Waals surface area contributed by atoms with Gasteiger partial charge in [0.15, 0.2) is 0 Å². The summed E-state index contributed by atoms with van der Waals surface area (Å²) in [5.74, 6) is 0. The molecule has 0 aliphatic rings. The summed E-state index contributed by atoms with van der Waals surface area (Å²) in [6.07, 6.45) is 6.95. The van der Waals surface area contributed by atoms with E-state index in [4.69, 9.17) is 4.52 Å². The number of hydrogen-bond donors (Lipinski definition) is 1. The smallest absolute Gasteiger partial charge is 0.128 e. The van der Waals surface area contributed by atoms with Gasteiger partial charge in [0.1, 0.15) is 6.26 Å². The second-order valence-electron chi connectivity index (χ2n) is 3.00. The summed E-state index contributed by atoms with van der Waals surface area (Å²) in [6.45, 7) is 1.57. The second-order valence-corrected chi connectivity index (χ2v) is 3.00. The average Bonchev–Trinajstić information content (AvgIpc) is 2.72. The van der Waals surface area contributed by atoms with Crippen molar-refractivity contribution in [2.24, 2.45) is 0 Å². The lowest BCUT2D eigenvalue weighted by atomic mass is 10.3. The molecule has 0 fully saturated rings. The minimum atomic E-state index is 0.762. The highest BCUT2D eigenvalue weighted by molar-refractivity contribution is 5.08. The second kappa shape index (κ2) is 4.53. The summed E-state index contributed by atoms with van der Waals surface area (Å²) in [6, 6.07) is 3.96. The number of nitrogens with zero attached hydrogens (tertiary/aromatic N) is 2. The van der Waals surface area contributed by atoms with Gasteiger partial charge in [0.05, 0.1) is 6.20 Å². The Morgan fingerprint density at radius 3 is 2.86 bits per heavy atom. The molecule has 4 nitrogen and oxygen atoms in total. The van der Waals surface area contributed by atoms with E-state index < -0.39 is 0 Å². The molecule has 2 aromatic rings. The first kappa shape index (κ1) is 8.90. The lowest BCUT2D eigenvalue weighted by Gasteiger charge is -2.01. The Kier molecular flexibility index (Phi) is 2.88. The first-order valence-electron chi connectivity index (χ1n) is 4.43. The zero-order valence-electron chi connectivity index (χ0n) is 7.68. The van der Waals surface area contributed by atoms with Crippen molar-refractivity contribution in [1.82, 2.24) is 15.5 Å². The monoisotopic (exact) mass is 189 g/mol. The summed E-state index contributed by atoms with van der Waals surface area (Å²) in [5.41, 5.74) is 2.22. The molecule has 0 spiro atoms. The molecule has 14 heavy (non-hydrogen) atoms. The predicted molar refractivity (Wildman–Crippen MR) is 51.3 cm³/mol. The van der Waals surface area contributed by atoms with Gasteiger partial charge in [-0.15, -0.1) is 0 Å². The highest BCUT2D eigenvalue weighted by Crippen LogP contribution is 1.98. The normalized spacial score (nSPS) is 10.3. The van der Waals surface area contributed by atoms with Crippen LogP contribution in [0.4, 0.5) is 0 Å². The minimum absolute atomic E-state index is 0.762. The molecule has 0 saturated heterocycles. The molecule has 72 valence electrons. The summed E-state index contributed by atoms with van der Waals surface area (Å²) in [7, 11) is 0. The van der Waals surface area contributed by atoms with Crippen LogP contribution < -0.4 is 5.32 Å². The SMILES string of the molecule is c1cncc(CNCc2cnoc2)c1. The largest absolute Gasteiger partial charge is 0.364 e. The number of pyridine rings is 1. The van der Waals surface area contributed by atoms with E-state index in [9.17, 15) is 0 Å². The molecule has 0 saturated carbocycles. The fourth-order valence-corrected chi connectivity index (χ4v) is 1.17. The third-order valence-corrected chi connectivity index (χ3v) is 1.86. The molecule has 2 rings (SSSR count). The highest BCUT2D eigenvalue weighted by Gasteiger charge is 1.95. The number of hydrogen-bond acceptors (Lipinski definition) is 4. The molecular weight excluding hydrogens is 178 g/mol. The molecule has 1 N–H and O–H groups in total. The maximum Gasteiger partial charge on any atom is 0.128 e. The maximum atomic E-state index is 4.71. The van der Waals surface area contributed by atoms with Gasteiger partial charge in [-0.3, -0.25) is 4.98 Å². The van der Waals surface area contributed by atoms with Crippen molar-refractivity contribution < 1.29 is 4.52 Å². The van der Waals surface area contributed by atoms with Gasteiger partial charge in [0.25, 0.3) is 0 Å². The lowest BCUT2D eigenvalue weighted by Crippen LogP contribution is -2.12. The van der Waals surface area contributed by atoms with Crippen molar-refractivity contribution in [3.05, 3.63) is 48.1 Å². The van der Waals surface area contributed by atoms with E-state index in [2.05, 4.69) is 15.5 Å². The summed E-state index contributed by atoms with van der Waals surface area (Å²) < 4.78 is 4.71. The topological polar surface area (TPSA) is 51.0 Å². The number of aromatic nitrogens is 2. The molecule has 4 heteroatoms. The van der Waals surface area contributed by atoms with Crippen LogP contribution in [0.15, 0.2) is 41.5 Å². The van der Waals surface area contributed by atoms with E-state index in [1.165, 1.54) is 5.56 Å². The van der Waals surface area contributed by atoms with E-state index in [1.807, 2.05) is 18.3 Å². The molecule has 0 radical (unpaired) electrons. The van der Waals surface area contributed by atoms with Gasteiger partial charge in [0.2, 0.25) is 0 Å². The van der Waals surface area contributed by atoms with Crippen molar-refractivity contribution in [2.75, 3.05) is 0 Å². The first-order valence-corrected chi connectivity index (χ1v) is 4.43. The molecule has 0 aliphatic heterocycles. The van der Waals surface area contributed by atoms with Gasteiger partial charge in [-0.1, -0.05) is 11.2 Å². The fraction of sp³-hybridized carbons (Fsp3) is 0.200. The van der Waals surface area contributed by atoms with Crippen molar-refractivity contribution in [1.29, 1.82) is 0 Å². The van der Waals surface area contributed by atoms with Gasteiger partial charge in [-0.25, -0.2) is 0 Å². The Morgan fingerprint density at radius 1 is 1.21 bits per heavy atom. The lowest BCUT2D eigenvalue weighted by molar-refractivity contribution is 0.418. The van der Waals surface area contributed by atoms with Crippen LogP contribution in [0.3, 0.4) is 0 Å². The predicted octanol–water partition coefficient (Wildman–Crippen LogP) is 1.36. The third kappa shape index (κ3) is 2.40. The number of nitrogens with one attached hydrogen (secondary N) is 1. The molecule has 0 bridgehead atoms. The zero-order chi connectivity index (χ0) is 9.64. The first-order chi connectivity index (χ1) is 6.95. The van der Waals surface area contributed by atoms with Crippen LogP contribution in [0.25, 0.3) is 0 Å². The van der Waals surface area contributed by atoms with Gasteiger partial charge >= 0.3 is 0 Å². The number of rotatable bonds is 4. The van der Waals surface area contributed by atoms with Crippen molar-refractivity contribution in [3.63, 3.8) is 0 Å². The van der Waals surface area contributed by atoms with E-state index in [0.29, 0.717) is 0 Å². The van der Waals surface area contributed by atoms with Crippen LogP contribution in [0.5, 0.6) is 0 Å². The standard InChI is InChI=1S/C10H11N3O/c1-2-9(4-11-3-1)5-12-6-10-7-13-14-8-10/h1-4,7-8,12H,5-6H2. The molecule has 0 atom stereocenters. The Bertz CT molecular complexity index is 358. The van der Waals surface area contributed by atoms with Gasteiger partial charge < -0.3 is 9.84 Å². The van der Waals surface area contributed by atoms with Crippen LogP contribution in [0.1, 0.15) is 11.1 Å². The van der Waals surface area contributed by atoms with Crippen molar-refractivity contribution in [2.45, 2.75) is 13.1 Å². The molecule has 2 heterocycles. The Balaban J connectivity index is 1.79. The Labute approximate surface area is 82.0 Å². The highest BCUT2D eigenvalue weighted by atomic mass is 16.5. The quantitative estimate of drug-likeness (QED) is 0.789. The average molecular weight is 189 g/mol. The van der Waals surface area contributed by atoms with E-state index in [0.717, 1.165) is 18.7 Å². The molecule has 2 aromatic heterocycles. The Hall–Kier alpha value is -1.68. The van der Waals surface area contributed by atoms with Crippen molar-refractivity contribution in [3.8, 4) is 0 Å². The molecule has 0 aliphatic carbocycles. The van der Waals surface area contributed by atoms with E-state index in [-0.39, 0.29) is 0 Å². The van der Waals surface area contributed by atoms with Gasteiger partial charge in [-0.05, 0) is 11.6 Å².